The first-order valence-electron chi connectivity index (χ1n) is 10.2. The van der Waals surface area contributed by atoms with Gasteiger partial charge in [0.05, 0.1) is 11.9 Å². The minimum Gasteiger partial charge on any atom is -0.357 e. The number of rotatable bonds is 5. The number of thiophene rings is 1. The summed E-state index contributed by atoms with van der Waals surface area (Å²) >= 11 is 1.15. The molecule has 0 radical (unpaired) electrons. The van der Waals surface area contributed by atoms with Gasteiger partial charge >= 0.3 is 0 Å². The maximum Gasteiger partial charge on any atom is 0.267 e. The topological polar surface area (TPSA) is 82.6 Å². The summed E-state index contributed by atoms with van der Waals surface area (Å²) in [6.07, 6.45) is 8.01. The Balaban J connectivity index is 1.47. The van der Waals surface area contributed by atoms with Crippen molar-refractivity contribution >= 4 is 38.8 Å². The molecule has 156 valence electrons. The molecule has 29 heavy (non-hydrogen) atoms. The molecule has 1 amide bonds. The molecule has 0 atom stereocenters. The number of hydrogen-bond donors (Lipinski definition) is 1. The molecule has 2 aromatic heterocycles. The number of anilines is 2. The van der Waals surface area contributed by atoms with Crippen molar-refractivity contribution in [2.75, 3.05) is 36.4 Å². The minimum atomic E-state index is -3.65. The first-order chi connectivity index (χ1) is 14.1. The Kier molecular flexibility index (Phi) is 6.17. The van der Waals surface area contributed by atoms with Gasteiger partial charge in [-0.3, -0.25) is 4.79 Å². The van der Waals surface area contributed by atoms with Crippen LogP contribution in [0, 0.1) is 0 Å². The summed E-state index contributed by atoms with van der Waals surface area (Å²) in [4.78, 5) is 19.8. The Morgan fingerprint density at radius 3 is 2.31 bits per heavy atom. The van der Waals surface area contributed by atoms with Crippen molar-refractivity contribution in [3.05, 3.63) is 34.7 Å². The molecule has 7 nitrogen and oxygen atoms in total. The van der Waals surface area contributed by atoms with Crippen LogP contribution in [0.15, 0.2) is 34.7 Å². The van der Waals surface area contributed by atoms with E-state index in [2.05, 4.69) is 15.2 Å². The van der Waals surface area contributed by atoms with Crippen LogP contribution in [0.1, 0.15) is 48.2 Å². The van der Waals surface area contributed by atoms with E-state index in [1.54, 1.807) is 11.6 Å². The summed E-state index contributed by atoms with van der Waals surface area (Å²) in [5.74, 6) is 0.496. The molecule has 2 aliphatic heterocycles. The molecule has 2 saturated heterocycles. The Hall–Kier alpha value is -1.97. The molecule has 2 aromatic rings. The average Bonchev–Trinajstić information content (AvgIpc) is 3.27. The highest BCUT2D eigenvalue weighted by atomic mass is 32.2. The number of aromatic nitrogens is 1. The van der Waals surface area contributed by atoms with Crippen LogP contribution in [0.5, 0.6) is 0 Å². The van der Waals surface area contributed by atoms with Crippen molar-refractivity contribution in [2.45, 2.75) is 43.4 Å². The standard InChI is InChI=1S/C20H26N4O3S2/c25-20(22-16-7-8-18(21-15-16)23-10-3-1-4-11-23)19-17(9-14-28-19)29(26,27)24-12-5-2-6-13-24/h7-9,14-15H,1-6,10-13H2,(H,22,25). The fourth-order valence-electron chi connectivity index (χ4n) is 3.87. The maximum atomic E-state index is 13.0. The number of hydrogen-bond acceptors (Lipinski definition) is 6. The van der Waals surface area contributed by atoms with Gasteiger partial charge in [0.25, 0.3) is 5.91 Å². The largest absolute Gasteiger partial charge is 0.357 e. The van der Waals surface area contributed by atoms with E-state index < -0.39 is 15.9 Å². The molecular formula is C20H26N4O3S2. The van der Waals surface area contributed by atoms with E-state index in [0.717, 1.165) is 49.5 Å². The Bertz CT molecular complexity index is 944. The zero-order valence-electron chi connectivity index (χ0n) is 16.3. The zero-order chi connectivity index (χ0) is 20.3. The fourth-order valence-corrected chi connectivity index (χ4v) is 6.68. The fraction of sp³-hybridized carbons (Fsp3) is 0.500. The van der Waals surface area contributed by atoms with Crippen LogP contribution < -0.4 is 10.2 Å². The van der Waals surface area contributed by atoms with Gasteiger partial charge in [-0.1, -0.05) is 6.42 Å². The van der Waals surface area contributed by atoms with Gasteiger partial charge in [0.2, 0.25) is 10.0 Å². The van der Waals surface area contributed by atoms with Crippen LogP contribution in [0.2, 0.25) is 0 Å². The highest BCUT2D eigenvalue weighted by Gasteiger charge is 2.31. The minimum absolute atomic E-state index is 0.0970. The lowest BCUT2D eigenvalue weighted by Gasteiger charge is -2.27. The number of nitrogens with zero attached hydrogens (tertiary/aromatic N) is 3. The van der Waals surface area contributed by atoms with Crippen LogP contribution >= 0.6 is 11.3 Å². The van der Waals surface area contributed by atoms with E-state index >= 15 is 0 Å². The Labute approximate surface area is 175 Å². The van der Waals surface area contributed by atoms with E-state index in [-0.39, 0.29) is 9.77 Å². The molecule has 0 aromatic carbocycles. The zero-order valence-corrected chi connectivity index (χ0v) is 18.0. The van der Waals surface area contributed by atoms with Gasteiger partial charge in [0, 0.05) is 26.2 Å². The van der Waals surface area contributed by atoms with Crippen LogP contribution in [-0.4, -0.2) is 49.8 Å². The average molecular weight is 435 g/mol. The van der Waals surface area contributed by atoms with Gasteiger partial charge in [-0.25, -0.2) is 13.4 Å². The number of nitrogens with one attached hydrogen (secondary N) is 1. The number of piperidine rings is 2. The van der Waals surface area contributed by atoms with E-state index in [1.165, 1.54) is 29.6 Å². The van der Waals surface area contributed by atoms with Crippen molar-refractivity contribution < 1.29 is 13.2 Å². The Morgan fingerprint density at radius 1 is 0.966 bits per heavy atom. The second-order valence-electron chi connectivity index (χ2n) is 7.49. The van der Waals surface area contributed by atoms with Gasteiger partial charge < -0.3 is 10.2 Å². The third-order valence-corrected chi connectivity index (χ3v) is 8.44. The summed E-state index contributed by atoms with van der Waals surface area (Å²) in [5, 5.41) is 4.45. The highest BCUT2D eigenvalue weighted by molar-refractivity contribution is 7.89. The van der Waals surface area contributed by atoms with E-state index in [9.17, 15) is 13.2 Å². The quantitative estimate of drug-likeness (QED) is 0.778. The Morgan fingerprint density at radius 2 is 1.66 bits per heavy atom. The molecule has 0 saturated carbocycles. The number of carbonyl (C=O) groups is 1. The van der Waals surface area contributed by atoms with Gasteiger partial charge in [0.15, 0.2) is 0 Å². The summed E-state index contributed by atoms with van der Waals surface area (Å²) in [7, 11) is -3.65. The number of pyridine rings is 1. The molecule has 0 spiro atoms. The van der Waals surface area contributed by atoms with Crippen molar-refractivity contribution in [3.63, 3.8) is 0 Å². The van der Waals surface area contributed by atoms with Gasteiger partial charge in [-0.05, 0) is 55.7 Å². The summed E-state index contributed by atoms with van der Waals surface area (Å²) < 4.78 is 27.5. The van der Waals surface area contributed by atoms with Crippen molar-refractivity contribution in [3.8, 4) is 0 Å². The molecule has 0 bridgehead atoms. The smallest absolute Gasteiger partial charge is 0.267 e. The molecule has 4 heterocycles. The number of carbonyl (C=O) groups excluding carboxylic acids is 1. The molecule has 9 heteroatoms. The normalized spacial score (nSPS) is 18.6. The van der Waals surface area contributed by atoms with Gasteiger partial charge in [0.1, 0.15) is 15.6 Å². The first-order valence-corrected chi connectivity index (χ1v) is 12.5. The first kappa shape index (κ1) is 20.3. The maximum absolute atomic E-state index is 13.0. The SMILES string of the molecule is O=C(Nc1ccc(N2CCCCC2)nc1)c1sccc1S(=O)(=O)N1CCCCC1. The summed E-state index contributed by atoms with van der Waals surface area (Å²) in [5.41, 5.74) is 0.561. The predicted octanol–water partition coefficient (Wildman–Crippen LogP) is 3.56. The predicted molar refractivity (Wildman–Crippen MR) is 115 cm³/mol. The lowest BCUT2D eigenvalue weighted by Crippen LogP contribution is -2.36. The van der Waals surface area contributed by atoms with Crippen molar-refractivity contribution in [2.24, 2.45) is 0 Å². The van der Waals surface area contributed by atoms with Gasteiger partial charge in [-0.2, -0.15) is 4.31 Å². The van der Waals surface area contributed by atoms with Crippen LogP contribution in [-0.2, 0) is 10.0 Å². The molecule has 2 aliphatic rings. The van der Waals surface area contributed by atoms with E-state index in [1.807, 2.05) is 12.1 Å². The van der Waals surface area contributed by atoms with Crippen LogP contribution in [0.4, 0.5) is 11.5 Å². The highest BCUT2D eigenvalue weighted by Crippen LogP contribution is 2.28. The second-order valence-corrected chi connectivity index (χ2v) is 10.3. The summed E-state index contributed by atoms with van der Waals surface area (Å²) in [6.45, 7) is 3.04. The monoisotopic (exact) mass is 434 g/mol. The van der Waals surface area contributed by atoms with Crippen molar-refractivity contribution in [1.82, 2.24) is 9.29 Å². The molecule has 2 fully saturated rings. The third kappa shape index (κ3) is 4.46. The van der Waals surface area contributed by atoms with E-state index in [0.29, 0.717) is 18.8 Å². The molecular weight excluding hydrogens is 408 g/mol. The second kappa shape index (κ2) is 8.81. The molecule has 0 unspecified atom stereocenters. The lowest BCUT2D eigenvalue weighted by molar-refractivity contribution is 0.102. The number of sulfonamides is 1. The number of amides is 1. The molecule has 0 aliphatic carbocycles. The van der Waals surface area contributed by atoms with Crippen LogP contribution in [0.25, 0.3) is 0 Å². The third-order valence-electron chi connectivity index (χ3n) is 5.45. The summed E-state index contributed by atoms with van der Waals surface area (Å²) in [6, 6.07) is 5.25. The molecule has 1 N–H and O–H groups in total. The van der Waals surface area contributed by atoms with Crippen molar-refractivity contribution in [1.29, 1.82) is 0 Å². The van der Waals surface area contributed by atoms with E-state index in [4.69, 9.17) is 0 Å². The molecule has 4 rings (SSSR count). The lowest BCUT2D eigenvalue weighted by atomic mass is 10.1. The van der Waals surface area contributed by atoms with Gasteiger partial charge in [-0.15, -0.1) is 11.3 Å². The van der Waals surface area contributed by atoms with Crippen LogP contribution in [0.3, 0.4) is 0 Å².